The zero-order valence-corrected chi connectivity index (χ0v) is 16.9. The number of esters is 1. The molecule has 0 bridgehead atoms. The third-order valence-electron chi connectivity index (χ3n) is 7.60. The first-order chi connectivity index (χ1) is 12.3. The van der Waals surface area contributed by atoms with E-state index in [0.717, 1.165) is 31.3 Å². The summed E-state index contributed by atoms with van der Waals surface area (Å²) in [5, 5.41) is 2.96. The van der Waals surface area contributed by atoms with Crippen molar-refractivity contribution in [1.82, 2.24) is 5.32 Å². The van der Waals surface area contributed by atoms with E-state index in [2.05, 4.69) is 26.1 Å². The normalized spacial score (nSPS) is 37.8. The summed E-state index contributed by atoms with van der Waals surface area (Å²) in [5.41, 5.74) is 1.64. The van der Waals surface area contributed by atoms with Gasteiger partial charge in [0, 0.05) is 25.0 Å². The van der Waals surface area contributed by atoms with Gasteiger partial charge in [-0.15, -0.1) is 0 Å². The second kappa shape index (κ2) is 7.46. The molecule has 0 heterocycles. The number of likely N-dealkylation sites (N-methyl/N-ethyl adjacent to an activating group) is 1. The Kier molecular flexibility index (Phi) is 5.62. The maximum absolute atomic E-state index is 13.0. The van der Waals surface area contributed by atoms with Crippen molar-refractivity contribution < 1.29 is 14.3 Å². The number of hydrogen-bond acceptors (Lipinski definition) is 4. The van der Waals surface area contributed by atoms with E-state index in [1.807, 2.05) is 7.05 Å². The summed E-state index contributed by atoms with van der Waals surface area (Å²) in [6.07, 6.45) is 8.86. The summed E-state index contributed by atoms with van der Waals surface area (Å²) in [7, 11) is 1.84. The van der Waals surface area contributed by atoms with Gasteiger partial charge in [-0.25, -0.2) is 4.79 Å². The average molecular weight is 362 g/mol. The highest BCUT2D eigenvalue weighted by Gasteiger charge is 2.57. The van der Waals surface area contributed by atoms with Crippen molar-refractivity contribution in [2.45, 2.75) is 65.7 Å². The van der Waals surface area contributed by atoms with Crippen molar-refractivity contribution in [2.24, 2.45) is 28.6 Å². The van der Waals surface area contributed by atoms with Crippen LogP contribution in [0.4, 0.5) is 0 Å². The summed E-state index contributed by atoms with van der Waals surface area (Å²) >= 11 is 0. The van der Waals surface area contributed by atoms with Crippen LogP contribution < -0.4 is 5.32 Å². The van der Waals surface area contributed by atoms with Gasteiger partial charge in [0.15, 0.2) is 0 Å². The van der Waals surface area contributed by atoms with Gasteiger partial charge in [-0.2, -0.15) is 0 Å². The minimum absolute atomic E-state index is 0.107. The fourth-order valence-corrected chi connectivity index (χ4v) is 6.26. The van der Waals surface area contributed by atoms with Crippen LogP contribution >= 0.6 is 0 Å². The molecular formula is C22H35NO3. The number of carbonyl (C=O) groups is 2. The zero-order valence-electron chi connectivity index (χ0n) is 16.9. The lowest BCUT2D eigenvalue weighted by Gasteiger charge is -2.60. The van der Waals surface area contributed by atoms with E-state index in [4.69, 9.17) is 4.74 Å². The first kappa shape index (κ1) is 19.6. The molecule has 3 fully saturated rings. The highest BCUT2D eigenvalue weighted by molar-refractivity contribution is 5.85. The second-order valence-electron chi connectivity index (χ2n) is 9.60. The van der Waals surface area contributed by atoms with E-state index >= 15 is 0 Å². The molecule has 0 saturated heterocycles. The van der Waals surface area contributed by atoms with Crippen LogP contribution in [0.2, 0.25) is 0 Å². The molecule has 3 aliphatic rings. The van der Waals surface area contributed by atoms with E-state index in [1.165, 1.54) is 19.3 Å². The van der Waals surface area contributed by atoms with Crippen LogP contribution in [-0.2, 0) is 14.3 Å². The molecule has 0 spiro atoms. The van der Waals surface area contributed by atoms with E-state index in [-0.39, 0.29) is 22.7 Å². The predicted octanol–water partition coefficient (Wildman–Crippen LogP) is 3.90. The largest absolute Gasteiger partial charge is 0.461 e. The van der Waals surface area contributed by atoms with Gasteiger partial charge in [0.2, 0.25) is 0 Å². The van der Waals surface area contributed by atoms with Crippen LogP contribution in [0.3, 0.4) is 0 Å². The fraction of sp³-hybridized carbons (Fsp3) is 0.818. The van der Waals surface area contributed by atoms with Gasteiger partial charge in [-0.05, 0) is 61.8 Å². The van der Waals surface area contributed by atoms with Gasteiger partial charge in [0.05, 0.1) is 0 Å². The van der Waals surface area contributed by atoms with Gasteiger partial charge in [-0.1, -0.05) is 32.8 Å². The molecule has 1 N–H and O–H groups in total. The van der Waals surface area contributed by atoms with Crippen LogP contribution in [0.5, 0.6) is 0 Å². The van der Waals surface area contributed by atoms with Crippen molar-refractivity contribution in [1.29, 1.82) is 0 Å². The van der Waals surface area contributed by atoms with Crippen LogP contribution in [0, 0.1) is 28.6 Å². The summed E-state index contributed by atoms with van der Waals surface area (Å²) in [6, 6.07) is 0. The molecule has 0 aromatic heterocycles. The minimum atomic E-state index is -0.264. The lowest BCUT2D eigenvalue weighted by atomic mass is 9.44. The lowest BCUT2D eigenvalue weighted by molar-refractivity contribution is -0.151. The third kappa shape index (κ3) is 3.62. The highest BCUT2D eigenvalue weighted by Crippen LogP contribution is 2.63. The molecule has 4 atom stereocenters. The molecule has 3 rings (SSSR count). The number of nitrogens with one attached hydrogen (secondary N) is 1. The molecule has 0 radical (unpaired) electrons. The number of ketones is 1. The smallest absolute Gasteiger partial charge is 0.330 e. The molecule has 0 aliphatic heterocycles. The fourth-order valence-electron chi connectivity index (χ4n) is 6.26. The monoisotopic (exact) mass is 361 g/mol. The van der Waals surface area contributed by atoms with E-state index in [1.54, 1.807) is 6.08 Å². The Morgan fingerprint density at radius 1 is 1.27 bits per heavy atom. The van der Waals surface area contributed by atoms with Gasteiger partial charge in [-0.3, -0.25) is 4.79 Å². The molecule has 26 heavy (non-hydrogen) atoms. The van der Waals surface area contributed by atoms with Crippen molar-refractivity contribution >= 4 is 11.8 Å². The Morgan fingerprint density at radius 3 is 2.77 bits per heavy atom. The SMILES string of the molecule is CNCCOC(=O)/C=C1\CCC2C(C1)C(=O)CC1C(C)(C)CCC[C@]21C. The number of hydrogen-bond donors (Lipinski definition) is 1. The molecule has 3 saturated carbocycles. The van der Waals surface area contributed by atoms with Crippen LogP contribution in [0.15, 0.2) is 11.6 Å². The van der Waals surface area contributed by atoms with Gasteiger partial charge in [0.25, 0.3) is 0 Å². The topological polar surface area (TPSA) is 55.4 Å². The Hall–Kier alpha value is -1.16. The van der Waals surface area contributed by atoms with E-state index in [0.29, 0.717) is 30.8 Å². The summed E-state index contributed by atoms with van der Waals surface area (Å²) in [4.78, 5) is 25.0. The standard InChI is InChI=1S/C22H35NO3/c1-21(2)8-5-9-22(3)17-7-6-15(13-20(25)26-11-10-23-4)12-16(17)18(24)14-19(21)22/h13,16-17,19,23H,5-12,14H2,1-4H3/b15-13+/t16?,17?,19?,22-/m1/s1. The third-order valence-corrected chi connectivity index (χ3v) is 7.60. The van der Waals surface area contributed by atoms with Crippen molar-refractivity contribution in [3.63, 3.8) is 0 Å². The maximum Gasteiger partial charge on any atom is 0.330 e. The maximum atomic E-state index is 13.0. The van der Waals surface area contributed by atoms with Gasteiger partial charge in [0.1, 0.15) is 12.4 Å². The molecule has 0 aromatic rings. The van der Waals surface area contributed by atoms with E-state index in [9.17, 15) is 9.59 Å². The Balaban J connectivity index is 1.73. The number of Topliss-reactive ketones (excluding diaryl/α,β-unsaturated/α-hetero) is 1. The van der Waals surface area contributed by atoms with Crippen LogP contribution in [0.1, 0.15) is 65.7 Å². The van der Waals surface area contributed by atoms with Crippen LogP contribution in [0.25, 0.3) is 0 Å². The molecule has 0 amide bonds. The summed E-state index contributed by atoms with van der Waals surface area (Å²) in [6.45, 7) is 8.21. The zero-order chi connectivity index (χ0) is 18.9. The second-order valence-corrected chi connectivity index (χ2v) is 9.60. The lowest BCUT2D eigenvalue weighted by Crippen LogP contribution is -2.55. The number of fused-ring (bicyclic) bond motifs is 3. The molecule has 4 nitrogen and oxygen atoms in total. The first-order valence-electron chi connectivity index (χ1n) is 10.3. The number of allylic oxidation sites excluding steroid dienone is 1. The molecule has 4 heteroatoms. The van der Waals surface area contributed by atoms with Crippen LogP contribution in [-0.4, -0.2) is 32.0 Å². The molecule has 146 valence electrons. The van der Waals surface area contributed by atoms with E-state index < -0.39 is 0 Å². The Labute approximate surface area is 158 Å². The van der Waals surface area contributed by atoms with Crippen molar-refractivity contribution in [3.05, 3.63) is 11.6 Å². The van der Waals surface area contributed by atoms with Gasteiger partial charge >= 0.3 is 5.97 Å². The number of carbonyl (C=O) groups excluding carboxylic acids is 2. The molecular weight excluding hydrogens is 326 g/mol. The molecule has 3 aliphatic carbocycles. The minimum Gasteiger partial charge on any atom is -0.461 e. The van der Waals surface area contributed by atoms with Crippen molar-refractivity contribution in [2.75, 3.05) is 20.2 Å². The highest BCUT2D eigenvalue weighted by atomic mass is 16.5. The summed E-state index contributed by atoms with van der Waals surface area (Å²) < 4.78 is 5.22. The summed E-state index contributed by atoms with van der Waals surface area (Å²) in [5.74, 6) is 1.26. The first-order valence-corrected chi connectivity index (χ1v) is 10.3. The Bertz CT molecular complexity index is 594. The quantitative estimate of drug-likeness (QED) is 0.469. The molecule has 3 unspecified atom stereocenters. The number of rotatable bonds is 4. The predicted molar refractivity (Wildman–Crippen MR) is 103 cm³/mol. The Morgan fingerprint density at radius 2 is 2.04 bits per heavy atom. The average Bonchev–Trinajstić information content (AvgIpc) is 2.57. The number of ether oxygens (including phenoxy) is 1. The molecule has 0 aromatic carbocycles. The van der Waals surface area contributed by atoms with Gasteiger partial charge < -0.3 is 10.1 Å². The van der Waals surface area contributed by atoms with Crippen molar-refractivity contribution in [3.8, 4) is 0 Å².